The molecule has 0 bridgehead atoms. The second-order valence-electron chi connectivity index (χ2n) is 4.03. The molecule has 0 heterocycles. The fourth-order valence-corrected chi connectivity index (χ4v) is 2.32. The first-order valence-corrected chi connectivity index (χ1v) is 6.18. The molecule has 0 aliphatic carbocycles. The Kier molecular flexibility index (Phi) is 3.60. The third kappa shape index (κ3) is 2.73. The molecule has 3 heteroatoms. The predicted octanol–water partition coefficient (Wildman–Crippen LogP) is 4.27. The molecule has 0 aromatic heterocycles. The Morgan fingerprint density at radius 2 is 1.65 bits per heavy atom. The van der Waals surface area contributed by atoms with E-state index in [0.717, 1.165) is 21.2 Å². The maximum Gasteiger partial charge on any atom is 0.123 e. The van der Waals surface area contributed by atoms with Gasteiger partial charge in [0, 0.05) is 10.5 Å². The minimum Gasteiger partial charge on any atom is -0.324 e. The van der Waals surface area contributed by atoms with E-state index in [2.05, 4.69) is 15.9 Å². The van der Waals surface area contributed by atoms with Gasteiger partial charge in [0.15, 0.2) is 0 Å². The van der Waals surface area contributed by atoms with E-state index in [0.29, 0.717) is 0 Å². The fourth-order valence-electron chi connectivity index (χ4n) is 1.71. The van der Waals surface area contributed by atoms with Gasteiger partial charge in [-0.25, -0.2) is 4.39 Å². The summed E-state index contributed by atoms with van der Waals surface area (Å²) in [4.78, 5) is 0. The zero-order chi connectivity index (χ0) is 12.4. The Morgan fingerprint density at radius 1 is 1.06 bits per heavy atom. The predicted molar refractivity (Wildman–Crippen MR) is 72.1 cm³/mol. The summed E-state index contributed by atoms with van der Waals surface area (Å²) in [5.74, 6) is -0.224. The summed E-state index contributed by atoms with van der Waals surface area (Å²) in [6, 6.07) is 12.4. The maximum atomic E-state index is 12.8. The summed E-state index contributed by atoms with van der Waals surface area (Å²) >= 11 is 3.48. The monoisotopic (exact) mass is 293 g/mol. The van der Waals surface area contributed by atoms with Gasteiger partial charge in [0.25, 0.3) is 0 Å². The van der Waals surface area contributed by atoms with Crippen LogP contribution in [0.15, 0.2) is 46.9 Å². The zero-order valence-electron chi connectivity index (χ0n) is 9.45. The van der Waals surface area contributed by atoms with E-state index < -0.39 is 0 Å². The number of hydrogen-bond donors (Lipinski definition) is 1. The van der Waals surface area contributed by atoms with Gasteiger partial charge in [-0.05, 0) is 47.9 Å². The van der Waals surface area contributed by atoms with Crippen LogP contribution in [0, 0.1) is 5.82 Å². The molecule has 0 aliphatic rings. The van der Waals surface area contributed by atoms with Crippen molar-refractivity contribution in [1.82, 2.24) is 0 Å². The van der Waals surface area contributed by atoms with Crippen molar-refractivity contribution in [2.75, 3.05) is 0 Å². The standard InChI is InChI=1S/C14H13BrFN/c1-9(17)13-8-11(4-7-14(13)15)10-2-5-12(16)6-3-10/h2-9H,17H2,1H3. The lowest BCUT2D eigenvalue weighted by Gasteiger charge is -2.11. The summed E-state index contributed by atoms with van der Waals surface area (Å²) in [6.45, 7) is 1.94. The maximum absolute atomic E-state index is 12.8. The molecule has 2 N–H and O–H groups in total. The lowest BCUT2D eigenvalue weighted by Crippen LogP contribution is -2.05. The van der Waals surface area contributed by atoms with Crippen molar-refractivity contribution >= 4 is 15.9 Å². The van der Waals surface area contributed by atoms with Crippen LogP contribution in [0.25, 0.3) is 11.1 Å². The molecule has 0 aliphatic heterocycles. The Balaban J connectivity index is 2.46. The average molecular weight is 294 g/mol. The van der Waals surface area contributed by atoms with Gasteiger partial charge in [0.2, 0.25) is 0 Å². The third-order valence-corrected chi connectivity index (χ3v) is 3.39. The molecule has 0 saturated carbocycles. The van der Waals surface area contributed by atoms with Crippen LogP contribution in [0.2, 0.25) is 0 Å². The SMILES string of the molecule is CC(N)c1cc(-c2ccc(F)cc2)ccc1Br. The fraction of sp³-hybridized carbons (Fsp3) is 0.143. The Hall–Kier alpha value is -1.19. The van der Waals surface area contributed by atoms with Crippen LogP contribution in [0.3, 0.4) is 0 Å². The normalized spacial score (nSPS) is 12.5. The van der Waals surface area contributed by atoms with Gasteiger partial charge in [-0.2, -0.15) is 0 Å². The zero-order valence-corrected chi connectivity index (χ0v) is 11.0. The highest BCUT2D eigenvalue weighted by atomic mass is 79.9. The Morgan fingerprint density at radius 3 is 2.24 bits per heavy atom. The van der Waals surface area contributed by atoms with E-state index >= 15 is 0 Å². The highest BCUT2D eigenvalue weighted by Crippen LogP contribution is 2.28. The average Bonchev–Trinajstić information content (AvgIpc) is 2.30. The van der Waals surface area contributed by atoms with Crippen molar-refractivity contribution < 1.29 is 4.39 Å². The summed E-state index contributed by atoms with van der Waals surface area (Å²) in [5.41, 5.74) is 8.97. The topological polar surface area (TPSA) is 26.0 Å². The highest BCUT2D eigenvalue weighted by Gasteiger charge is 2.07. The summed E-state index contributed by atoms with van der Waals surface area (Å²) in [5, 5.41) is 0. The van der Waals surface area contributed by atoms with E-state index in [1.165, 1.54) is 12.1 Å². The number of nitrogens with two attached hydrogens (primary N) is 1. The molecule has 1 nitrogen and oxygen atoms in total. The van der Waals surface area contributed by atoms with Crippen molar-refractivity contribution in [3.63, 3.8) is 0 Å². The van der Waals surface area contributed by atoms with Crippen LogP contribution < -0.4 is 5.73 Å². The van der Waals surface area contributed by atoms with Crippen LogP contribution in [0.5, 0.6) is 0 Å². The molecule has 88 valence electrons. The van der Waals surface area contributed by atoms with E-state index in [-0.39, 0.29) is 11.9 Å². The van der Waals surface area contributed by atoms with E-state index in [4.69, 9.17) is 5.73 Å². The van der Waals surface area contributed by atoms with Crippen LogP contribution in [0.1, 0.15) is 18.5 Å². The molecule has 1 unspecified atom stereocenters. The largest absolute Gasteiger partial charge is 0.324 e. The molecule has 17 heavy (non-hydrogen) atoms. The molecular formula is C14H13BrFN. The molecule has 2 aromatic carbocycles. The first kappa shape index (κ1) is 12.3. The quantitative estimate of drug-likeness (QED) is 0.879. The lowest BCUT2D eigenvalue weighted by molar-refractivity contribution is 0.628. The molecule has 0 radical (unpaired) electrons. The molecule has 0 fully saturated rings. The Bertz CT molecular complexity index is 520. The molecule has 1 atom stereocenters. The first-order chi connectivity index (χ1) is 8.08. The van der Waals surface area contributed by atoms with Gasteiger partial charge >= 0.3 is 0 Å². The minimum atomic E-state index is -0.224. The molecule has 0 saturated heterocycles. The highest BCUT2D eigenvalue weighted by molar-refractivity contribution is 9.10. The molecular weight excluding hydrogens is 281 g/mol. The first-order valence-electron chi connectivity index (χ1n) is 5.39. The van der Waals surface area contributed by atoms with Gasteiger partial charge < -0.3 is 5.73 Å². The third-order valence-electron chi connectivity index (χ3n) is 2.66. The lowest BCUT2D eigenvalue weighted by atomic mass is 10.0. The van der Waals surface area contributed by atoms with Gasteiger partial charge in [-0.3, -0.25) is 0 Å². The molecule has 0 amide bonds. The number of hydrogen-bond acceptors (Lipinski definition) is 1. The number of rotatable bonds is 2. The van der Waals surface area contributed by atoms with Crippen molar-refractivity contribution in [1.29, 1.82) is 0 Å². The van der Waals surface area contributed by atoms with E-state index in [1.54, 1.807) is 12.1 Å². The number of benzene rings is 2. The van der Waals surface area contributed by atoms with Crippen LogP contribution in [-0.4, -0.2) is 0 Å². The smallest absolute Gasteiger partial charge is 0.123 e. The van der Waals surface area contributed by atoms with Crippen molar-refractivity contribution in [3.05, 3.63) is 58.3 Å². The van der Waals surface area contributed by atoms with Crippen LogP contribution in [-0.2, 0) is 0 Å². The van der Waals surface area contributed by atoms with Gasteiger partial charge in [0.05, 0.1) is 0 Å². The van der Waals surface area contributed by atoms with Crippen molar-refractivity contribution in [2.24, 2.45) is 5.73 Å². The Labute approximate surface area is 109 Å². The summed E-state index contributed by atoms with van der Waals surface area (Å²) in [6.07, 6.45) is 0. The minimum absolute atomic E-state index is 0.0372. The van der Waals surface area contributed by atoms with Crippen LogP contribution in [0.4, 0.5) is 4.39 Å². The van der Waals surface area contributed by atoms with Crippen molar-refractivity contribution in [2.45, 2.75) is 13.0 Å². The van der Waals surface area contributed by atoms with E-state index in [1.807, 2.05) is 25.1 Å². The second-order valence-corrected chi connectivity index (χ2v) is 4.89. The summed E-state index contributed by atoms with van der Waals surface area (Å²) in [7, 11) is 0. The summed E-state index contributed by atoms with van der Waals surface area (Å²) < 4.78 is 13.8. The molecule has 2 rings (SSSR count). The second kappa shape index (κ2) is 4.98. The molecule has 2 aromatic rings. The van der Waals surface area contributed by atoms with Crippen LogP contribution >= 0.6 is 15.9 Å². The van der Waals surface area contributed by atoms with Crippen molar-refractivity contribution in [3.8, 4) is 11.1 Å². The van der Waals surface area contributed by atoms with E-state index in [9.17, 15) is 4.39 Å². The van der Waals surface area contributed by atoms with Gasteiger partial charge in [-0.15, -0.1) is 0 Å². The van der Waals surface area contributed by atoms with Gasteiger partial charge in [-0.1, -0.05) is 34.1 Å². The molecule has 0 spiro atoms. The number of halogens is 2. The van der Waals surface area contributed by atoms with Gasteiger partial charge in [0.1, 0.15) is 5.82 Å².